The number of nitrogens with zero attached hydrogens (tertiary/aromatic N) is 1. The van der Waals surface area contributed by atoms with E-state index in [9.17, 15) is 4.79 Å². The zero-order valence-corrected chi connectivity index (χ0v) is 18.3. The molecule has 3 aromatic rings. The van der Waals surface area contributed by atoms with Crippen molar-refractivity contribution in [3.63, 3.8) is 0 Å². The van der Waals surface area contributed by atoms with Gasteiger partial charge < -0.3 is 10.6 Å². The van der Waals surface area contributed by atoms with Crippen LogP contribution in [0, 0.1) is 5.92 Å². The first-order valence-electron chi connectivity index (χ1n) is 11.4. The summed E-state index contributed by atoms with van der Waals surface area (Å²) in [6, 6.07) is 15.4. The molecule has 0 bridgehead atoms. The molecule has 160 valence electrons. The molecule has 0 saturated heterocycles. The van der Waals surface area contributed by atoms with Crippen LogP contribution in [-0.4, -0.2) is 22.1 Å². The van der Waals surface area contributed by atoms with Gasteiger partial charge in [-0.25, -0.2) is 0 Å². The number of fused-ring (bicyclic) bond motifs is 3. The quantitative estimate of drug-likeness (QED) is 0.416. The molecule has 2 aliphatic carbocycles. The molecule has 2 aliphatic rings. The maximum absolute atomic E-state index is 11.4. The van der Waals surface area contributed by atoms with Crippen LogP contribution in [0.3, 0.4) is 0 Å². The molecule has 1 heterocycles. The van der Waals surface area contributed by atoms with Crippen molar-refractivity contribution < 1.29 is 4.79 Å². The van der Waals surface area contributed by atoms with E-state index in [4.69, 9.17) is 0 Å². The number of carbonyl (C=O) groups excluding carboxylic acids is 1. The zero-order valence-electron chi connectivity index (χ0n) is 18.3. The standard InChI is InChI=1S/C26H30N4O/c1-16-6-9-21(10-7-16)27-15-18-8-11-23-20(12-18)14-24-25(29-30-26(23)24)19-4-3-5-22(13-19)28-17(2)31/h3-5,8,11-13,16,21,27H,6-7,9-10,14-15H2,1-2H3,(H,28,31)(H,29,30). The maximum atomic E-state index is 11.4. The molecule has 1 saturated carbocycles. The minimum absolute atomic E-state index is 0.0688. The molecule has 31 heavy (non-hydrogen) atoms. The van der Waals surface area contributed by atoms with Crippen LogP contribution in [0.15, 0.2) is 42.5 Å². The van der Waals surface area contributed by atoms with E-state index in [0.29, 0.717) is 6.04 Å². The molecule has 5 nitrogen and oxygen atoms in total. The van der Waals surface area contributed by atoms with Crippen LogP contribution in [0.5, 0.6) is 0 Å². The Labute approximate surface area is 183 Å². The number of benzene rings is 2. The Morgan fingerprint density at radius 1 is 1.13 bits per heavy atom. The van der Waals surface area contributed by atoms with Gasteiger partial charge in [-0.15, -0.1) is 0 Å². The number of anilines is 1. The lowest BCUT2D eigenvalue weighted by molar-refractivity contribution is -0.114. The van der Waals surface area contributed by atoms with Gasteiger partial charge in [0.25, 0.3) is 0 Å². The molecule has 1 amide bonds. The van der Waals surface area contributed by atoms with Crippen LogP contribution in [0.2, 0.25) is 0 Å². The fraction of sp³-hybridized carbons (Fsp3) is 0.385. The van der Waals surface area contributed by atoms with Crippen LogP contribution >= 0.6 is 0 Å². The Balaban J connectivity index is 1.32. The van der Waals surface area contributed by atoms with Gasteiger partial charge in [0.05, 0.1) is 11.4 Å². The molecule has 0 atom stereocenters. The Hall–Kier alpha value is -2.92. The number of aromatic nitrogens is 2. The summed E-state index contributed by atoms with van der Waals surface area (Å²) in [4.78, 5) is 11.4. The third-order valence-electron chi connectivity index (χ3n) is 6.74. The largest absolute Gasteiger partial charge is 0.326 e. The number of carbonyl (C=O) groups is 1. The van der Waals surface area contributed by atoms with Crippen molar-refractivity contribution in [2.45, 2.75) is 58.5 Å². The molecule has 3 N–H and O–H groups in total. The van der Waals surface area contributed by atoms with Gasteiger partial charge in [-0.1, -0.05) is 37.3 Å². The van der Waals surface area contributed by atoms with Crippen molar-refractivity contribution in [1.29, 1.82) is 0 Å². The van der Waals surface area contributed by atoms with E-state index in [1.807, 2.05) is 24.3 Å². The highest BCUT2D eigenvalue weighted by molar-refractivity contribution is 5.90. The second kappa shape index (κ2) is 8.31. The molecule has 2 aromatic carbocycles. The average molecular weight is 415 g/mol. The van der Waals surface area contributed by atoms with Crippen LogP contribution < -0.4 is 10.6 Å². The molecule has 0 unspecified atom stereocenters. The highest BCUT2D eigenvalue weighted by Crippen LogP contribution is 2.40. The molecule has 5 rings (SSSR count). The summed E-state index contributed by atoms with van der Waals surface area (Å²) in [5.41, 5.74) is 9.10. The zero-order chi connectivity index (χ0) is 21.4. The Morgan fingerprint density at radius 3 is 2.77 bits per heavy atom. The van der Waals surface area contributed by atoms with E-state index in [2.05, 4.69) is 46.0 Å². The lowest BCUT2D eigenvalue weighted by Crippen LogP contribution is -2.32. The summed E-state index contributed by atoms with van der Waals surface area (Å²) in [7, 11) is 0. The van der Waals surface area contributed by atoms with Crippen molar-refractivity contribution in [3.8, 4) is 22.5 Å². The fourth-order valence-electron chi connectivity index (χ4n) is 5.01. The van der Waals surface area contributed by atoms with Crippen LogP contribution in [0.25, 0.3) is 22.5 Å². The lowest BCUT2D eigenvalue weighted by Gasteiger charge is -2.27. The summed E-state index contributed by atoms with van der Waals surface area (Å²) in [6.45, 7) is 4.82. The van der Waals surface area contributed by atoms with Gasteiger partial charge >= 0.3 is 0 Å². The van der Waals surface area contributed by atoms with E-state index < -0.39 is 0 Å². The summed E-state index contributed by atoms with van der Waals surface area (Å²) in [6.07, 6.45) is 6.16. The number of aromatic amines is 1. The highest BCUT2D eigenvalue weighted by Gasteiger charge is 2.25. The first kappa shape index (κ1) is 20.0. The van der Waals surface area contributed by atoms with Gasteiger partial charge in [0.1, 0.15) is 0 Å². The molecule has 0 radical (unpaired) electrons. The average Bonchev–Trinajstić information content (AvgIpc) is 3.32. The topological polar surface area (TPSA) is 69.8 Å². The van der Waals surface area contributed by atoms with E-state index in [-0.39, 0.29) is 5.91 Å². The number of hydrogen-bond acceptors (Lipinski definition) is 3. The lowest BCUT2D eigenvalue weighted by atomic mass is 9.87. The fourth-order valence-corrected chi connectivity index (χ4v) is 5.01. The third-order valence-corrected chi connectivity index (χ3v) is 6.74. The first-order valence-corrected chi connectivity index (χ1v) is 11.4. The molecular weight excluding hydrogens is 384 g/mol. The van der Waals surface area contributed by atoms with Gasteiger partial charge in [-0.05, 0) is 54.9 Å². The van der Waals surface area contributed by atoms with Crippen molar-refractivity contribution in [1.82, 2.24) is 15.5 Å². The minimum Gasteiger partial charge on any atom is -0.326 e. The van der Waals surface area contributed by atoms with Gasteiger partial charge in [-0.3, -0.25) is 9.89 Å². The van der Waals surface area contributed by atoms with E-state index >= 15 is 0 Å². The van der Waals surface area contributed by atoms with Crippen molar-refractivity contribution in [2.75, 3.05) is 5.32 Å². The predicted octanol–water partition coefficient (Wildman–Crippen LogP) is 5.27. The first-order chi connectivity index (χ1) is 15.1. The second-order valence-electron chi connectivity index (χ2n) is 9.19. The number of rotatable bonds is 5. The molecular formula is C26H30N4O. The van der Waals surface area contributed by atoms with Crippen LogP contribution in [0.4, 0.5) is 5.69 Å². The molecule has 0 spiro atoms. The van der Waals surface area contributed by atoms with Crippen molar-refractivity contribution in [3.05, 3.63) is 59.2 Å². The Bertz CT molecular complexity index is 1110. The summed E-state index contributed by atoms with van der Waals surface area (Å²) in [5, 5.41) is 14.5. The smallest absolute Gasteiger partial charge is 0.221 e. The van der Waals surface area contributed by atoms with Gasteiger partial charge in [0, 0.05) is 48.3 Å². The minimum atomic E-state index is -0.0688. The summed E-state index contributed by atoms with van der Waals surface area (Å²) in [5.74, 6) is 0.814. The SMILES string of the molecule is CC(=O)Nc1cccc(-c2n[nH]c3c2Cc2cc(CNC4CCC(C)CC4)ccc2-3)c1. The predicted molar refractivity (Wildman–Crippen MR) is 125 cm³/mol. The molecule has 5 heteroatoms. The molecule has 1 aromatic heterocycles. The van der Waals surface area contributed by atoms with E-state index in [0.717, 1.165) is 41.5 Å². The maximum Gasteiger partial charge on any atom is 0.221 e. The molecule has 0 aliphatic heterocycles. The van der Waals surface area contributed by atoms with Gasteiger partial charge in [-0.2, -0.15) is 5.10 Å². The number of hydrogen-bond donors (Lipinski definition) is 3. The monoisotopic (exact) mass is 414 g/mol. The van der Waals surface area contributed by atoms with Gasteiger partial charge in [0.2, 0.25) is 5.91 Å². The van der Waals surface area contributed by atoms with Crippen molar-refractivity contribution >= 4 is 11.6 Å². The van der Waals surface area contributed by atoms with Crippen molar-refractivity contribution in [2.24, 2.45) is 5.92 Å². The number of nitrogens with one attached hydrogen (secondary N) is 3. The third kappa shape index (κ3) is 4.15. The van der Waals surface area contributed by atoms with E-state index in [1.165, 1.54) is 54.9 Å². The molecule has 1 fully saturated rings. The Kier molecular flexibility index (Phi) is 5.36. The summed E-state index contributed by atoms with van der Waals surface area (Å²) >= 11 is 0. The number of amides is 1. The van der Waals surface area contributed by atoms with Crippen LogP contribution in [-0.2, 0) is 17.8 Å². The normalized spacial score (nSPS) is 19.7. The van der Waals surface area contributed by atoms with Gasteiger partial charge in [0.15, 0.2) is 0 Å². The van der Waals surface area contributed by atoms with E-state index in [1.54, 1.807) is 0 Å². The Morgan fingerprint density at radius 2 is 1.97 bits per heavy atom. The summed E-state index contributed by atoms with van der Waals surface area (Å²) < 4.78 is 0. The van der Waals surface area contributed by atoms with Crippen LogP contribution in [0.1, 0.15) is 56.2 Å². The number of H-pyrrole nitrogens is 1. The highest BCUT2D eigenvalue weighted by atomic mass is 16.1. The second-order valence-corrected chi connectivity index (χ2v) is 9.19.